The number of hydrogen-bond acceptors (Lipinski definition) is 4. The first kappa shape index (κ1) is 40.5. The summed E-state index contributed by atoms with van der Waals surface area (Å²) < 4.78 is 6.84. The van der Waals surface area contributed by atoms with Gasteiger partial charge in [-0.25, -0.2) is 0 Å². The fourth-order valence-corrected chi connectivity index (χ4v) is 7.98. The monoisotopic (exact) mass is 865 g/mol. The summed E-state index contributed by atoms with van der Waals surface area (Å²) in [6, 6.07) is 17.2. The van der Waals surface area contributed by atoms with E-state index in [9.17, 15) is 9.90 Å². The van der Waals surface area contributed by atoms with E-state index < -0.39 is 0 Å². The molecule has 0 atom stereocenters. The van der Waals surface area contributed by atoms with Crippen molar-refractivity contribution in [3.05, 3.63) is 88.3 Å². The van der Waals surface area contributed by atoms with Crippen molar-refractivity contribution >= 4 is 38.5 Å². The van der Waals surface area contributed by atoms with Crippen molar-refractivity contribution in [1.82, 2.24) is 4.98 Å². The Kier molecular flexibility index (Phi) is 13.2. The fourth-order valence-electron chi connectivity index (χ4n) is 7.98. The Labute approximate surface area is 319 Å². The Hall–Kier alpha value is -3.27. The number of benzene rings is 3. The van der Waals surface area contributed by atoms with Crippen molar-refractivity contribution in [3.63, 3.8) is 0 Å². The third-order valence-electron chi connectivity index (χ3n) is 10.8. The molecule has 0 unspecified atom stereocenters. The summed E-state index contributed by atoms with van der Waals surface area (Å²) in [7, 11) is 0. The molecular formula is C46H58IrNO3-. The first-order chi connectivity index (χ1) is 23.8. The average molecular weight is 865 g/mol. The number of hydrogen-bond donors (Lipinski definition) is 1. The molecule has 0 fully saturated rings. The molecule has 51 heavy (non-hydrogen) atoms. The van der Waals surface area contributed by atoms with Crippen LogP contribution in [0.4, 0.5) is 0 Å². The number of rotatable bonds is 11. The van der Waals surface area contributed by atoms with E-state index in [1.54, 1.807) is 0 Å². The maximum absolute atomic E-state index is 11.7. The summed E-state index contributed by atoms with van der Waals surface area (Å²) in [5.74, 6) is 1.65. The van der Waals surface area contributed by atoms with Crippen LogP contribution in [0.5, 0.6) is 0 Å². The maximum Gasteiger partial charge on any atom is 0.162 e. The van der Waals surface area contributed by atoms with E-state index in [1.807, 2.05) is 33.9 Å². The van der Waals surface area contributed by atoms with Crippen LogP contribution in [0.1, 0.15) is 123 Å². The second-order valence-corrected chi connectivity index (χ2v) is 15.9. The van der Waals surface area contributed by atoms with Crippen LogP contribution in [0.25, 0.3) is 44.0 Å². The molecule has 1 radical (unpaired) electrons. The van der Waals surface area contributed by atoms with E-state index in [2.05, 4.69) is 90.9 Å². The van der Waals surface area contributed by atoms with Gasteiger partial charge in [0.2, 0.25) is 0 Å². The maximum atomic E-state index is 11.7. The minimum Gasteiger partial charge on any atom is -0.512 e. The Morgan fingerprint density at radius 3 is 2.10 bits per heavy atom. The molecule has 275 valence electrons. The summed E-state index contributed by atoms with van der Waals surface area (Å²) in [6.45, 7) is 24.0. The van der Waals surface area contributed by atoms with Gasteiger partial charge in [0.05, 0.1) is 11.3 Å². The van der Waals surface area contributed by atoms with Gasteiger partial charge in [-0.1, -0.05) is 128 Å². The number of aliphatic hydroxyl groups is 1. The Morgan fingerprint density at radius 1 is 0.882 bits per heavy atom. The summed E-state index contributed by atoms with van der Waals surface area (Å²) in [4.78, 5) is 16.8. The van der Waals surface area contributed by atoms with Gasteiger partial charge < -0.3 is 14.5 Å². The molecule has 3 aromatic carbocycles. The first-order valence-electron chi connectivity index (χ1n) is 19.0. The minimum atomic E-state index is -0.244. The number of carbonyl (C=O) groups is 1. The van der Waals surface area contributed by atoms with Gasteiger partial charge in [0.25, 0.3) is 0 Å². The number of aromatic nitrogens is 1. The molecule has 1 aliphatic carbocycles. The number of carbonyl (C=O) groups excluding carboxylic acids is 1. The molecule has 5 heteroatoms. The quantitative estimate of drug-likeness (QED) is 0.0816. The third kappa shape index (κ3) is 7.91. The molecule has 2 aromatic heterocycles. The molecule has 4 nitrogen and oxygen atoms in total. The molecule has 6 rings (SSSR count). The van der Waals surface area contributed by atoms with Crippen LogP contribution in [0.2, 0.25) is 0 Å². The standard InChI is InChI=1S/C33H34NO.C13H24O2.Ir/c1-18(2)14-21-10-12-24-27-28-26(13-11-22(15-19(3)4)32(28)35-31(21)27)33(6,7)29-25-16-20(5)8-9-23(25)17-34-30(24)29;1-5-10(6-2)12(14)9-13(15)11(7-3)8-4;/h8-11,13,16-19H,14-15H2,1-7H3;9-11,14H,5-8H2,1-4H3;/q-1;;/b;12-9-;. The van der Waals surface area contributed by atoms with Gasteiger partial charge in [0.15, 0.2) is 5.78 Å². The zero-order valence-corrected chi connectivity index (χ0v) is 35.1. The summed E-state index contributed by atoms with van der Waals surface area (Å²) in [5.41, 5.74) is 10.4. The van der Waals surface area contributed by atoms with Gasteiger partial charge in [-0.3, -0.25) is 4.79 Å². The van der Waals surface area contributed by atoms with Crippen LogP contribution in [0.15, 0.2) is 58.8 Å². The average Bonchev–Trinajstić information content (AvgIpc) is 3.43. The summed E-state index contributed by atoms with van der Waals surface area (Å²) >= 11 is 0. The number of aryl methyl sites for hydroxylation is 1. The van der Waals surface area contributed by atoms with Crippen LogP contribution in [0, 0.1) is 36.7 Å². The predicted octanol–water partition coefficient (Wildman–Crippen LogP) is 12.8. The third-order valence-corrected chi connectivity index (χ3v) is 10.8. The fraction of sp³-hybridized carbons (Fsp3) is 0.478. The van der Waals surface area contributed by atoms with Crippen molar-refractivity contribution < 1.29 is 34.4 Å². The van der Waals surface area contributed by atoms with Crippen LogP contribution in [-0.4, -0.2) is 15.9 Å². The molecule has 0 amide bonds. The van der Waals surface area contributed by atoms with Crippen LogP contribution >= 0.6 is 0 Å². The normalized spacial score (nSPS) is 13.7. The largest absolute Gasteiger partial charge is 0.512 e. The van der Waals surface area contributed by atoms with Gasteiger partial charge >= 0.3 is 0 Å². The first-order valence-corrected chi connectivity index (χ1v) is 19.0. The van der Waals surface area contributed by atoms with Crippen LogP contribution < -0.4 is 0 Å². The van der Waals surface area contributed by atoms with E-state index in [1.165, 1.54) is 55.4 Å². The van der Waals surface area contributed by atoms with Gasteiger partial charge in [-0.2, -0.15) is 0 Å². The number of nitrogens with zero attached hydrogens (tertiary/aromatic N) is 1. The Balaban J connectivity index is 0.000000312. The van der Waals surface area contributed by atoms with E-state index >= 15 is 0 Å². The molecule has 5 aromatic rings. The Morgan fingerprint density at radius 2 is 1.49 bits per heavy atom. The molecular weight excluding hydrogens is 807 g/mol. The molecule has 0 bridgehead atoms. The molecule has 0 aliphatic heterocycles. The topological polar surface area (TPSA) is 63.3 Å². The zero-order valence-electron chi connectivity index (χ0n) is 32.7. The molecule has 2 heterocycles. The molecule has 1 N–H and O–H groups in total. The summed E-state index contributed by atoms with van der Waals surface area (Å²) in [6.07, 6.45) is 8.91. The van der Waals surface area contributed by atoms with E-state index in [4.69, 9.17) is 9.40 Å². The van der Waals surface area contributed by atoms with Gasteiger partial charge in [0.1, 0.15) is 5.58 Å². The summed E-state index contributed by atoms with van der Waals surface area (Å²) in [5, 5.41) is 14.7. The smallest absolute Gasteiger partial charge is 0.162 e. The zero-order chi connectivity index (χ0) is 36.5. The second kappa shape index (κ2) is 16.6. The van der Waals surface area contributed by atoms with Crippen molar-refractivity contribution in [3.8, 4) is 11.3 Å². The van der Waals surface area contributed by atoms with Crippen molar-refractivity contribution in [1.29, 1.82) is 0 Å². The number of fused-ring (bicyclic) bond motifs is 4. The second-order valence-electron chi connectivity index (χ2n) is 15.9. The number of ketones is 1. The van der Waals surface area contributed by atoms with Crippen LogP contribution in [0.3, 0.4) is 0 Å². The number of allylic oxidation sites excluding steroid dienone is 2. The van der Waals surface area contributed by atoms with Gasteiger partial charge in [-0.15, -0.1) is 17.7 Å². The van der Waals surface area contributed by atoms with E-state index in [0.717, 1.165) is 60.9 Å². The van der Waals surface area contributed by atoms with Gasteiger partial charge in [0, 0.05) is 49.6 Å². The minimum absolute atomic E-state index is 0. The van der Waals surface area contributed by atoms with Gasteiger partial charge in [-0.05, 0) is 83.5 Å². The SMILES string of the molecule is CCC(CC)C(=O)/C=C(\O)C(CC)CC.Cc1ccc2cnc3c(c2c1)C(C)(C)c1ccc(CC(C)C)c2oc4c(CC(C)C)c[c-]c-3c4c12.[Ir]. The number of furan rings is 1. The van der Waals surface area contributed by atoms with Crippen molar-refractivity contribution in [2.75, 3.05) is 0 Å². The molecule has 0 saturated heterocycles. The molecule has 0 saturated carbocycles. The van der Waals surface area contributed by atoms with Crippen molar-refractivity contribution in [2.24, 2.45) is 23.7 Å². The van der Waals surface area contributed by atoms with E-state index in [-0.39, 0.29) is 48.9 Å². The van der Waals surface area contributed by atoms with Crippen molar-refractivity contribution in [2.45, 2.75) is 120 Å². The molecule has 0 spiro atoms. The number of pyridine rings is 1. The van der Waals surface area contributed by atoms with E-state index in [0.29, 0.717) is 11.8 Å². The molecule has 1 aliphatic rings. The Bertz CT molecular complexity index is 2040. The number of aliphatic hydroxyl groups excluding tert-OH is 1. The van der Waals surface area contributed by atoms with Crippen LogP contribution in [-0.2, 0) is 43.2 Å². The predicted molar refractivity (Wildman–Crippen MR) is 211 cm³/mol.